The Morgan fingerprint density at radius 3 is 2.56 bits per heavy atom. The van der Waals surface area contributed by atoms with Crippen LogP contribution >= 0.6 is 23.2 Å². The van der Waals surface area contributed by atoms with Crippen molar-refractivity contribution in [1.82, 2.24) is 0 Å². The van der Waals surface area contributed by atoms with Crippen LogP contribution in [0, 0.1) is 5.41 Å². The third-order valence-corrected chi connectivity index (χ3v) is 3.30. The summed E-state index contributed by atoms with van der Waals surface area (Å²) < 4.78 is 5.61. The van der Waals surface area contributed by atoms with Crippen LogP contribution in [-0.2, 0) is 0 Å². The molecule has 0 unspecified atom stereocenters. The first-order valence-corrected chi connectivity index (χ1v) is 5.80. The van der Waals surface area contributed by atoms with Crippen molar-refractivity contribution < 1.29 is 9.53 Å². The van der Waals surface area contributed by atoms with E-state index in [0.29, 0.717) is 34.4 Å². The van der Waals surface area contributed by atoms with Crippen molar-refractivity contribution in [3.8, 4) is 5.75 Å². The van der Waals surface area contributed by atoms with Gasteiger partial charge in [0.1, 0.15) is 5.75 Å². The first-order chi connectivity index (χ1) is 7.39. The maximum atomic E-state index is 12.0. The molecule has 0 N–H and O–H groups in total. The fourth-order valence-electron chi connectivity index (χ4n) is 1.72. The topological polar surface area (TPSA) is 26.3 Å². The minimum Gasteiger partial charge on any atom is -0.492 e. The van der Waals surface area contributed by atoms with Gasteiger partial charge in [0, 0.05) is 17.9 Å². The maximum Gasteiger partial charge on any atom is 0.167 e. The molecule has 0 atom stereocenters. The number of rotatable bonds is 0. The molecule has 0 aromatic heterocycles. The van der Waals surface area contributed by atoms with Crippen LogP contribution in [0.4, 0.5) is 0 Å². The van der Waals surface area contributed by atoms with E-state index >= 15 is 0 Å². The van der Waals surface area contributed by atoms with Crippen molar-refractivity contribution in [2.75, 3.05) is 6.61 Å². The van der Waals surface area contributed by atoms with Gasteiger partial charge in [0.2, 0.25) is 0 Å². The molecule has 2 nitrogen and oxygen atoms in total. The lowest BCUT2D eigenvalue weighted by molar-refractivity contribution is 0.0918. The minimum atomic E-state index is -0.158. The number of fused-ring (bicyclic) bond motifs is 1. The number of benzene rings is 1. The highest BCUT2D eigenvalue weighted by Gasteiger charge is 2.29. The summed E-state index contributed by atoms with van der Waals surface area (Å²) in [5, 5.41) is 0.796. The molecule has 0 fully saturated rings. The Morgan fingerprint density at radius 1 is 1.25 bits per heavy atom. The predicted octanol–water partition coefficient (Wildman–Crippen LogP) is 3.98. The summed E-state index contributed by atoms with van der Waals surface area (Å²) >= 11 is 11.8. The Labute approximate surface area is 104 Å². The summed E-state index contributed by atoms with van der Waals surface area (Å²) in [4.78, 5) is 12.0. The molecule has 0 bridgehead atoms. The molecule has 1 aromatic carbocycles. The van der Waals surface area contributed by atoms with Crippen molar-refractivity contribution in [2.24, 2.45) is 5.41 Å². The van der Waals surface area contributed by atoms with Gasteiger partial charge in [-0.15, -0.1) is 0 Å². The van der Waals surface area contributed by atoms with Crippen molar-refractivity contribution in [3.63, 3.8) is 0 Å². The molecule has 0 aliphatic carbocycles. The number of hydrogen-bond donors (Lipinski definition) is 0. The Hall–Kier alpha value is -0.730. The second-order valence-electron chi connectivity index (χ2n) is 4.82. The molecule has 16 heavy (non-hydrogen) atoms. The Kier molecular flexibility index (Phi) is 2.89. The first kappa shape index (κ1) is 11.7. The van der Waals surface area contributed by atoms with E-state index in [0.717, 1.165) is 0 Å². The standard InChI is InChI=1S/C12H12Cl2O2/c1-12(2)5-10(15)7-3-8(13)9(14)4-11(7)16-6-12/h3-4H,5-6H2,1-2H3. The molecular weight excluding hydrogens is 247 g/mol. The van der Waals surface area contributed by atoms with Crippen LogP contribution in [0.2, 0.25) is 10.0 Å². The van der Waals surface area contributed by atoms with Gasteiger partial charge in [-0.3, -0.25) is 4.79 Å². The van der Waals surface area contributed by atoms with Crippen LogP contribution in [0.25, 0.3) is 0 Å². The van der Waals surface area contributed by atoms with Crippen LogP contribution < -0.4 is 4.74 Å². The second-order valence-corrected chi connectivity index (χ2v) is 5.63. The van der Waals surface area contributed by atoms with Crippen molar-refractivity contribution in [2.45, 2.75) is 20.3 Å². The zero-order valence-corrected chi connectivity index (χ0v) is 10.7. The Balaban J connectivity index is 2.49. The largest absolute Gasteiger partial charge is 0.492 e. The van der Waals surface area contributed by atoms with Gasteiger partial charge in [0.25, 0.3) is 0 Å². The van der Waals surface area contributed by atoms with Gasteiger partial charge in [0.05, 0.1) is 22.2 Å². The highest BCUT2D eigenvalue weighted by molar-refractivity contribution is 6.42. The molecular formula is C12H12Cl2O2. The van der Waals surface area contributed by atoms with Gasteiger partial charge in [-0.25, -0.2) is 0 Å². The second kappa shape index (κ2) is 3.94. The van der Waals surface area contributed by atoms with Crippen LogP contribution in [0.15, 0.2) is 12.1 Å². The molecule has 0 saturated carbocycles. The van der Waals surface area contributed by atoms with Crippen molar-refractivity contribution >= 4 is 29.0 Å². The van der Waals surface area contributed by atoms with E-state index in [2.05, 4.69) is 0 Å². The molecule has 0 amide bonds. The number of carbonyl (C=O) groups is 1. The van der Waals surface area contributed by atoms with Gasteiger partial charge < -0.3 is 4.74 Å². The highest BCUT2D eigenvalue weighted by atomic mass is 35.5. The molecule has 1 aliphatic rings. The van der Waals surface area contributed by atoms with E-state index in [4.69, 9.17) is 27.9 Å². The molecule has 0 radical (unpaired) electrons. The third-order valence-electron chi connectivity index (χ3n) is 2.58. The molecule has 2 rings (SSSR count). The molecule has 0 spiro atoms. The van der Waals surface area contributed by atoms with Gasteiger partial charge >= 0.3 is 0 Å². The average Bonchev–Trinajstić information content (AvgIpc) is 2.27. The number of hydrogen-bond acceptors (Lipinski definition) is 2. The van der Waals surface area contributed by atoms with Crippen LogP contribution in [0.5, 0.6) is 5.75 Å². The summed E-state index contributed by atoms with van der Waals surface area (Å²) in [7, 11) is 0. The van der Waals surface area contributed by atoms with Crippen LogP contribution in [0.3, 0.4) is 0 Å². The third kappa shape index (κ3) is 2.18. The quantitative estimate of drug-likeness (QED) is 0.704. The van der Waals surface area contributed by atoms with Gasteiger partial charge in [0.15, 0.2) is 5.78 Å². The summed E-state index contributed by atoms with van der Waals surface area (Å²) in [6, 6.07) is 3.20. The number of carbonyl (C=O) groups excluding carboxylic acids is 1. The van der Waals surface area contributed by atoms with E-state index < -0.39 is 0 Å². The maximum absolute atomic E-state index is 12.0. The lowest BCUT2D eigenvalue weighted by Gasteiger charge is -2.19. The number of halogens is 2. The van der Waals surface area contributed by atoms with Gasteiger partial charge in [-0.2, -0.15) is 0 Å². The number of Topliss-reactive ketones (excluding diaryl/α,β-unsaturated/α-hetero) is 1. The van der Waals surface area contributed by atoms with Crippen LogP contribution in [0.1, 0.15) is 30.6 Å². The molecule has 1 aromatic rings. The summed E-state index contributed by atoms with van der Waals surface area (Å²) in [6.07, 6.45) is 0.456. The fraction of sp³-hybridized carbons (Fsp3) is 0.417. The SMILES string of the molecule is CC1(C)COc2cc(Cl)c(Cl)cc2C(=O)C1. The fourth-order valence-corrected chi connectivity index (χ4v) is 2.04. The lowest BCUT2D eigenvalue weighted by Crippen LogP contribution is -2.21. The van der Waals surface area contributed by atoms with Crippen LogP contribution in [-0.4, -0.2) is 12.4 Å². The van der Waals surface area contributed by atoms with Crippen molar-refractivity contribution in [1.29, 1.82) is 0 Å². The number of ketones is 1. The van der Waals surface area contributed by atoms with Gasteiger partial charge in [-0.05, 0) is 6.07 Å². The van der Waals surface area contributed by atoms with E-state index in [-0.39, 0.29) is 11.2 Å². The minimum absolute atomic E-state index is 0.0519. The molecule has 0 saturated heterocycles. The van der Waals surface area contributed by atoms with E-state index in [1.54, 1.807) is 12.1 Å². The van der Waals surface area contributed by atoms with E-state index in [1.165, 1.54) is 0 Å². The monoisotopic (exact) mass is 258 g/mol. The van der Waals surface area contributed by atoms with Gasteiger partial charge in [-0.1, -0.05) is 37.0 Å². The molecule has 4 heteroatoms. The summed E-state index contributed by atoms with van der Waals surface area (Å²) in [5.74, 6) is 0.584. The zero-order chi connectivity index (χ0) is 11.9. The summed E-state index contributed by atoms with van der Waals surface area (Å²) in [6.45, 7) is 4.50. The predicted molar refractivity (Wildman–Crippen MR) is 64.7 cm³/mol. The van der Waals surface area contributed by atoms with Crippen molar-refractivity contribution in [3.05, 3.63) is 27.7 Å². The number of ether oxygens (including phenoxy) is 1. The van der Waals surface area contributed by atoms with E-state index in [1.807, 2.05) is 13.8 Å². The lowest BCUT2D eigenvalue weighted by atomic mass is 9.87. The normalized spacial score (nSPS) is 18.6. The molecule has 86 valence electrons. The highest BCUT2D eigenvalue weighted by Crippen LogP contribution is 2.36. The molecule has 1 heterocycles. The first-order valence-electron chi connectivity index (χ1n) is 5.04. The zero-order valence-electron chi connectivity index (χ0n) is 9.14. The van der Waals surface area contributed by atoms with E-state index in [9.17, 15) is 4.79 Å². The smallest absolute Gasteiger partial charge is 0.167 e. The Morgan fingerprint density at radius 2 is 1.88 bits per heavy atom. The summed E-state index contributed by atoms with van der Waals surface area (Å²) in [5.41, 5.74) is 0.370. The Bertz CT molecular complexity index is 453. The molecule has 1 aliphatic heterocycles. The average molecular weight is 259 g/mol.